The van der Waals surface area contributed by atoms with E-state index in [-0.39, 0.29) is 17.6 Å². The first-order valence-corrected chi connectivity index (χ1v) is 12.1. The lowest BCUT2D eigenvalue weighted by atomic mass is 9.93. The molecule has 0 spiro atoms. The highest BCUT2D eigenvalue weighted by Crippen LogP contribution is 2.34. The number of hydrogen-bond donors (Lipinski definition) is 1. The summed E-state index contributed by atoms with van der Waals surface area (Å²) in [5.74, 6) is 0.677. The second-order valence-corrected chi connectivity index (χ2v) is 10.2. The van der Waals surface area contributed by atoms with Crippen molar-refractivity contribution in [2.45, 2.75) is 38.3 Å². The zero-order chi connectivity index (χ0) is 22.1. The molecule has 2 fully saturated rings. The number of morpholine rings is 1. The number of amides is 1. The molecular formula is C25H29N3O3S. The molecule has 0 saturated carbocycles. The molecule has 0 radical (unpaired) electrons. The molecule has 2 saturated heterocycles. The molecule has 7 heteroatoms. The predicted molar refractivity (Wildman–Crippen MR) is 129 cm³/mol. The van der Waals surface area contributed by atoms with Gasteiger partial charge in [0.1, 0.15) is 5.82 Å². The summed E-state index contributed by atoms with van der Waals surface area (Å²) in [7, 11) is 0. The fraction of sp³-hybridized carbons (Fsp3) is 0.440. The molecule has 0 unspecified atom stereocenters. The fourth-order valence-corrected chi connectivity index (χ4v) is 5.54. The van der Waals surface area contributed by atoms with E-state index in [4.69, 9.17) is 14.5 Å². The molecule has 6 nitrogen and oxygen atoms in total. The molecule has 1 atom stereocenters. The molecule has 1 aromatic carbocycles. The number of benzene rings is 1. The smallest absolute Gasteiger partial charge is 0.255 e. The zero-order valence-corrected chi connectivity index (χ0v) is 19.4. The van der Waals surface area contributed by atoms with Crippen LogP contribution in [0.1, 0.15) is 37.0 Å². The van der Waals surface area contributed by atoms with Gasteiger partial charge < -0.3 is 19.7 Å². The molecule has 168 valence electrons. The van der Waals surface area contributed by atoms with Crippen LogP contribution in [0.15, 0.2) is 42.5 Å². The third kappa shape index (κ3) is 4.51. The lowest BCUT2D eigenvalue weighted by Crippen LogP contribution is -2.46. The van der Waals surface area contributed by atoms with Crippen LogP contribution in [0.4, 0.5) is 5.82 Å². The summed E-state index contributed by atoms with van der Waals surface area (Å²) in [6, 6.07) is 14.5. The Morgan fingerprint density at radius 1 is 1.16 bits per heavy atom. The minimum atomic E-state index is -0.216. The van der Waals surface area contributed by atoms with Crippen molar-refractivity contribution in [1.29, 1.82) is 0 Å². The van der Waals surface area contributed by atoms with Gasteiger partial charge in [0, 0.05) is 30.4 Å². The van der Waals surface area contributed by atoms with Crippen LogP contribution in [0.3, 0.4) is 0 Å². The summed E-state index contributed by atoms with van der Waals surface area (Å²) in [6.45, 7) is 7.56. The van der Waals surface area contributed by atoms with Crippen LogP contribution in [0.5, 0.6) is 0 Å². The van der Waals surface area contributed by atoms with Gasteiger partial charge in [-0.25, -0.2) is 4.98 Å². The summed E-state index contributed by atoms with van der Waals surface area (Å²) < 4.78 is 12.6. The first kappa shape index (κ1) is 21.4. The van der Waals surface area contributed by atoms with Gasteiger partial charge in [-0.1, -0.05) is 18.2 Å². The molecular weight excluding hydrogens is 422 g/mol. The van der Waals surface area contributed by atoms with Gasteiger partial charge in [0.05, 0.1) is 34.9 Å². The Morgan fingerprint density at radius 3 is 2.75 bits per heavy atom. The van der Waals surface area contributed by atoms with Gasteiger partial charge in [0.2, 0.25) is 0 Å². The van der Waals surface area contributed by atoms with Crippen molar-refractivity contribution in [1.82, 2.24) is 10.3 Å². The van der Waals surface area contributed by atoms with E-state index in [2.05, 4.69) is 54.4 Å². The highest BCUT2D eigenvalue weighted by atomic mass is 32.1. The zero-order valence-electron chi connectivity index (χ0n) is 18.6. The maximum atomic E-state index is 13.3. The van der Waals surface area contributed by atoms with Crippen LogP contribution in [-0.2, 0) is 9.47 Å². The second kappa shape index (κ2) is 8.81. The highest BCUT2D eigenvalue weighted by molar-refractivity contribution is 7.22. The Morgan fingerprint density at radius 2 is 1.97 bits per heavy atom. The number of ether oxygens (including phenoxy) is 2. The normalized spacial score (nSPS) is 20.9. The van der Waals surface area contributed by atoms with Crippen LogP contribution in [-0.4, -0.2) is 55.4 Å². The molecule has 0 aliphatic carbocycles. The van der Waals surface area contributed by atoms with Crippen LogP contribution in [0, 0.1) is 0 Å². The minimum Gasteiger partial charge on any atom is -0.378 e. The maximum Gasteiger partial charge on any atom is 0.255 e. The number of fused-ring (bicyclic) bond motifs is 1. The lowest BCUT2D eigenvalue weighted by Gasteiger charge is -2.36. The molecule has 5 rings (SSSR count). The molecule has 1 amide bonds. The Balaban J connectivity index is 1.46. The Hall–Kier alpha value is -2.48. The Labute approximate surface area is 192 Å². The lowest BCUT2D eigenvalue weighted by molar-refractivity contribution is -0.0615. The molecule has 0 bridgehead atoms. The fourth-order valence-electron chi connectivity index (χ4n) is 4.51. The van der Waals surface area contributed by atoms with E-state index in [0.29, 0.717) is 25.4 Å². The number of nitrogens with zero attached hydrogens (tertiary/aromatic N) is 2. The topological polar surface area (TPSA) is 63.7 Å². The second-order valence-electron chi connectivity index (χ2n) is 9.09. The van der Waals surface area contributed by atoms with Crippen LogP contribution in [0.25, 0.3) is 20.7 Å². The largest absolute Gasteiger partial charge is 0.378 e. The monoisotopic (exact) mass is 451 g/mol. The number of thiophene rings is 1. The van der Waals surface area contributed by atoms with E-state index in [1.54, 1.807) is 11.3 Å². The van der Waals surface area contributed by atoms with Crippen molar-refractivity contribution in [2.75, 3.05) is 37.8 Å². The Kier molecular flexibility index (Phi) is 5.88. The summed E-state index contributed by atoms with van der Waals surface area (Å²) in [6.07, 6.45) is 1.63. The van der Waals surface area contributed by atoms with Gasteiger partial charge in [0.25, 0.3) is 5.91 Å². The predicted octanol–water partition coefficient (Wildman–Crippen LogP) is 4.49. The number of pyridine rings is 1. The molecule has 2 aliphatic heterocycles. The van der Waals surface area contributed by atoms with Crippen molar-refractivity contribution in [3.63, 3.8) is 0 Å². The summed E-state index contributed by atoms with van der Waals surface area (Å²) >= 11 is 1.73. The van der Waals surface area contributed by atoms with Crippen LogP contribution >= 0.6 is 11.3 Å². The molecule has 1 N–H and O–H groups in total. The van der Waals surface area contributed by atoms with E-state index in [9.17, 15) is 4.79 Å². The molecule has 32 heavy (non-hydrogen) atoms. The third-order valence-corrected chi connectivity index (χ3v) is 7.28. The molecule has 3 aromatic rings. The number of carbonyl (C=O) groups is 1. The SMILES string of the molecule is CC1(C)C[C@H](NC(=O)c2ccc(-c3cc4ccccc4s3)nc2N2CCOCC2)CCO1. The number of carbonyl (C=O) groups excluding carboxylic acids is 1. The average molecular weight is 452 g/mol. The number of hydrogen-bond acceptors (Lipinski definition) is 6. The number of aromatic nitrogens is 1. The van der Waals surface area contributed by atoms with Gasteiger partial charge in [-0.05, 0) is 56.3 Å². The average Bonchev–Trinajstić information content (AvgIpc) is 3.23. The maximum absolute atomic E-state index is 13.3. The van der Waals surface area contributed by atoms with E-state index < -0.39 is 0 Å². The molecule has 2 aliphatic rings. The number of rotatable bonds is 4. The molecule has 2 aromatic heterocycles. The van der Waals surface area contributed by atoms with Crippen LogP contribution in [0.2, 0.25) is 0 Å². The van der Waals surface area contributed by atoms with Gasteiger partial charge in [0.15, 0.2) is 0 Å². The summed E-state index contributed by atoms with van der Waals surface area (Å²) in [5.41, 5.74) is 1.31. The highest BCUT2D eigenvalue weighted by Gasteiger charge is 2.31. The van der Waals surface area contributed by atoms with Gasteiger partial charge in [-0.15, -0.1) is 11.3 Å². The summed E-state index contributed by atoms with van der Waals surface area (Å²) in [5, 5.41) is 4.45. The van der Waals surface area contributed by atoms with E-state index in [1.807, 2.05) is 12.1 Å². The first-order chi connectivity index (χ1) is 15.5. The Bertz CT molecular complexity index is 1090. The van der Waals surface area contributed by atoms with Crippen molar-refractivity contribution in [2.24, 2.45) is 0 Å². The third-order valence-electron chi connectivity index (χ3n) is 6.14. The first-order valence-electron chi connectivity index (χ1n) is 11.3. The quantitative estimate of drug-likeness (QED) is 0.633. The van der Waals surface area contributed by atoms with E-state index in [0.717, 1.165) is 42.3 Å². The van der Waals surface area contributed by atoms with Gasteiger partial charge in [-0.3, -0.25) is 4.79 Å². The van der Waals surface area contributed by atoms with Crippen LogP contribution < -0.4 is 10.2 Å². The summed E-state index contributed by atoms with van der Waals surface area (Å²) in [4.78, 5) is 21.6. The number of nitrogens with one attached hydrogen (secondary N) is 1. The minimum absolute atomic E-state index is 0.0652. The molecule has 4 heterocycles. The van der Waals surface area contributed by atoms with Gasteiger partial charge >= 0.3 is 0 Å². The van der Waals surface area contributed by atoms with Gasteiger partial charge in [-0.2, -0.15) is 0 Å². The van der Waals surface area contributed by atoms with E-state index in [1.165, 1.54) is 10.1 Å². The van der Waals surface area contributed by atoms with Crippen molar-refractivity contribution >= 4 is 33.1 Å². The standard InChI is InChI=1S/C25H29N3O3S/c1-25(2)16-18(9-12-31-25)26-24(29)19-7-8-20(27-23(19)28-10-13-30-14-11-28)22-15-17-5-3-4-6-21(17)32-22/h3-8,15,18H,9-14,16H2,1-2H3,(H,26,29)/t18-/m1/s1. The van der Waals surface area contributed by atoms with Crippen molar-refractivity contribution in [3.05, 3.63) is 48.0 Å². The van der Waals surface area contributed by atoms with Crippen molar-refractivity contribution in [3.8, 4) is 10.6 Å². The van der Waals surface area contributed by atoms with Crippen molar-refractivity contribution < 1.29 is 14.3 Å². The van der Waals surface area contributed by atoms with E-state index >= 15 is 0 Å². The number of anilines is 1.